The maximum atomic E-state index is 12.9. The second-order valence-corrected chi connectivity index (χ2v) is 9.39. The normalized spacial score (nSPS) is 14.9. The van der Waals surface area contributed by atoms with Crippen molar-refractivity contribution in [3.8, 4) is 5.75 Å². The fourth-order valence-corrected chi connectivity index (χ4v) is 4.12. The molecule has 0 aliphatic carbocycles. The fraction of sp³-hybridized carbons (Fsp3) is 0.417. The van der Waals surface area contributed by atoms with Gasteiger partial charge >= 0.3 is 0 Å². The Morgan fingerprint density at radius 3 is 2.29 bits per heavy atom. The summed E-state index contributed by atoms with van der Waals surface area (Å²) in [6.45, 7) is 5.76. The lowest BCUT2D eigenvalue weighted by Crippen LogP contribution is -2.45. The monoisotopic (exact) mass is 462 g/mol. The van der Waals surface area contributed by atoms with Gasteiger partial charge in [-0.1, -0.05) is 49.2 Å². The van der Waals surface area contributed by atoms with Gasteiger partial charge in [0.15, 0.2) is 0 Å². The van der Waals surface area contributed by atoms with Crippen molar-refractivity contribution in [3.63, 3.8) is 0 Å². The number of rotatable bonds is 6. The Morgan fingerprint density at radius 1 is 1.06 bits per heavy atom. The molecule has 2 aromatic rings. The van der Waals surface area contributed by atoms with E-state index in [0.717, 1.165) is 5.56 Å². The molecule has 0 atom stereocenters. The first-order valence-electron chi connectivity index (χ1n) is 10.4. The van der Waals surface area contributed by atoms with Crippen molar-refractivity contribution in [1.82, 2.24) is 10.2 Å². The average Bonchev–Trinajstić information content (AvgIpc) is 2.77. The molecule has 0 saturated carbocycles. The highest BCUT2D eigenvalue weighted by atomic mass is 35.5. The van der Waals surface area contributed by atoms with E-state index < -0.39 is 0 Å². The first kappa shape index (κ1) is 23.4. The predicted molar refractivity (Wildman–Crippen MR) is 124 cm³/mol. The lowest BCUT2D eigenvalue weighted by atomic mass is 9.84. The van der Waals surface area contributed by atoms with Gasteiger partial charge in [0.2, 0.25) is 5.91 Å². The molecule has 3 rings (SSSR count). The number of benzene rings is 2. The standard InChI is InChI=1S/C24H28Cl2N2O3/c1-24(2,17-4-6-18(25)7-5-17)15-27-22(29)16-10-12-28(13-11-16)23(30)20-14-19(26)8-9-21(20)31-3/h4-9,14,16H,10-13,15H2,1-3H3,(H,27,29). The SMILES string of the molecule is COc1ccc(Cl)cc1C(=O)N1CCC(C(=O)NCC(C)(C)c2ccc(Cl)cc2)CC1. The van der Waals surface area contributed by atoms with Crippen molar-refractivity contribution in [1.29, 1.82) is 0 Å². The molecule has 0 aromatic heterocycles. The van der Waals surface area contributed by atoms with Crippen LogP contribution in [0.3, 0.4) is 0 Å². The first-order chi connectivity index (χ1) is 14.7. The summed E-state index contributed by atoms with van der Waals surface area (Å²) in [5.41, 5.74) is 1.36. The van der Waals surface area contributed by atoms with Crippen LogP contribution in [-0.4, -0.2) is 43.5 Å². The van der Waals surface area contributed by atoms with Gasteiger partial charge in [-0.3, -0.25) is 9.59 Å². The molecular weight excluding hydrogens is 435 g/mol. The zero-order valence-electron chi connectivity index (χ0n) is 18.1. The number of hydrogen-bond acceptors (Lipinski definition) is 3. The van der Waals surface area contributed by atoms with Gasteiger partial charge in [-0.05, 0) is 48.7 Å². The molecule has 0 radical (unpaired) electrons. The molecule has 2 amide bonds. The second kappa shape index (κ2) is 9.92. The van der Waals surface area contributed by atoms with E-state index >= 15 is 0 Å². The summed E-state index contributed by atoms with van der Waals surface area (Å²) in [5, 5.41) is 4.28. The van der Waals surface area contributed by atoms with Gasteiger partial charge in [0.25, 0.3) is 5.91 Å². The minimum Gasteiger partial charge on any atom is -0.496 e. The lowest BCUT2D eigenvalue weighted by molar-refractivity contribution is -0.126. The molecule has 1 heterocycles. The number of halogens is 2. The van der Waals surface area contributed by atoms with Gasteiger partial charge in [-0.25, -0.2) is 0 Å². The average molecular weight is 463 g/mol. The third-order valence-electron chi connectivity index (χ3n) is 5.88. The summed E-state index contributed by atoms with van der Waals surface area (Å²) in [6, 6.07) is 12.7. The summed E-state index contributed by atoms with van der Waals surface area (Å²) in [4.78, 5) is 27.4. The molecule has 1 aliphatic rings. The minimum absolute atomic E-state index is 0.0365. The lowest BCUT2D eigenvalue weighted by Gasteiger charge is -2.33. The summed E-state index contributed by atoms with van der Waals surface area (Å²) in [7, 11) is 1.53. The molecule has 1 N–H and O–H groups in total. The Labute approximate surface area is 193 Å². The van der Waals surface area contributed by atoms with Crippen LogP contribution in [0.1, 0.15) is 42.6 Å². The number of piperidine rings is 1. The predicted octanol–water partition coefficient (Wildman–Crippen LogP) is 4.95. The van der Waals surface area contributed by atoms with Crippen molar-refractivity contribution in [3.05, 3.63) is 63.6 Å². The number of nitrogens with one attached hydrogen (secondary N) is 1. The van der Waals surface area contributed by atoms with Crippen LogP contribution in [0.2, 0.25) is 10.0 Å². The zero-order chi connectivity index (χ0) is 22.6. The molecular formula is C24H28Cl2N2O3. The van der Waals surface area contributed by atoms with Crippen molar-refractivity contribution in [2.75, 3.05) is 26.7 Å². The van der Waals surface area contributed by atoms with Crippen LogP contribution in [0, 0.1) is 5.92 Å². The van der Waals surface area contributed by atoms with Crippen LogP contribution in [0.15, 0.2) is 42.5 Å². The van der Waals surface area contributed by atoms with Crippen LogP contribution in [-0.2, 0) is 10.2 Å². The molecule has 166 valence electrons. The summed E-state index contributed by atoms with van der Waals surface area (Å²) in [6.07, 6.45) is 1.25. The van der Waals surface area contributed by atoms with E-state index in [0.29, 0.717) is 53.8 Å². The highest BCUT2D eigenvalue weighted by molar-refractivity contribution is 6.31. The molecule has 1 saturated heterocycles. The zero-order valence-corrected chi connectivity index (χ0v) is 19.6. The highest BCUT2D eigenvalue weighted by Gasteiger charge is 2.30. The Hall–Kier alpha value is -2.24. The van der Waals surface area contributed by atoms with Crippen LogP contribution in [0.25, 0.3) is 0 Å². The molecule has 1 aliphatic heterocycles. The topological polar surface area (TPSA) is 58.6 Å². The summed E-state index contributed by atoms with van der Waals surface area (Å²) in [5.74, 6) is 0.307. The summed E-state index contributed by atoms with van der Waals surface area (Å²) < 4.78 is 5.30. The Morgan fingerprint density at radius 2 is 1.68 bits per heavy atom. The maximum Gasteiger partial charge on any atom is 0.257 e. The number of amides is 2. The van der Waals surface area contributed by atoms with Crippen LogP contribution >= 0.6 is 23.2 Å². The molecule has 5 nitrogen and oxygen atoms in total. The number of likely N-dealkylation sites (tertiary alicyclic amines) is 1. The third-order valence-corrected chi connectivity index (χ3v) is 6.36. The maximum absolute atomic E-state index is 12.9. The van der Waals surface area contributed by atoms with Crippen molar-refractivity contribution >= 4 is 35.0 Å². The van der Waals surface area contributed by atoms with Gasteiger partial charge in [-0.2, -0.15) is 0 Å². The number of nitrogens with zero attached hydrogens (tertiary/aromatic N) is 1. The molecule has 1 fully saturated rings. The molecule has 31 heavy (non-hydrogen) atoms. The quantitative estimate of drug-likeness (QED) is 0.660. The van der Waals surface area contributed by atoms with Crippen LogP contribution in [0.5, 0.6) is 5.75 Å². The van der Waals surface area contributed by atoms with Gasteiger partial charge in [0, 0.05) is 41.0 Å². The molecule has 7 heteroatoms. The second-order valence-electron chi connectivity index (χ2n) is 8.52. The van der Waals surface area contributed by atoms with E-state index in [4.69, 9.17) is 27.9 Å². The van der Waals surface area contributed by atoms with Crippen molar-refractivity contribution in [2.24, 2.45) is 5.92 Å². The number of carbonyl (C=O) groups is 2. The Kier molecular flexibility index (Phi) is 7.50. The van der Waals surface area contributed by atoms with Crippen molar-refractivity contribution in [2.45, 2.75) is 32.1 Å². The fourth-order valence-electron chi connectivity index (χ4n) is 3.82. The van der Waals surface area contributed by atoms with E-state index in [1.807, 2.05) is 24.3 Å². The first-order valence-corrected chi connectivity index (χ1v) is 11.1. The number of carbonyl (C=O) groups excluding carboxylic acids is 2. The molecule has 0 bridgehead atoms. The highest BCUT2D eigenvalue weighted by Crippen LogP contribution is 2.27. The summed E-state index contributed by atoms with van der Waals surface area (Å²) >= 11 is 12.0. The van der Waals surface area contributed by atoms with Gasteiger partial charge < -0.3 is 15.0 Å². The number of methoxy groups -OCH3 is 1. The van der Waals surface area contributed by atoms with E-state index in [-0.39, 0.29) is 23.1 Å². The molecule has 0 spiro atoms. The van der Waals surface area contributed by atoms with E-state index in [9.17, 15) is 9.59 Å². The van der Waals surface area contributed by atoms with Crippen molar-refractivity contribution < 1.29 is 14.3 Å². The van der Waals surface area contributed by atoms with Crippen LogP contribution in [0.4, 0.5) is 0 Å². The van der Waals surface area contributed by atoms with Crippen LogP contribution < -0.4 is 10.1 Å². The van der Waals surface area contributed by atoms with E-state index in [1.54, 1.807) is 23.1 Å². The smallest absolute Gasteiger partial charge is 0.257 e. The van der Waals surface area contributed by atoms with Gasteiger partial charge in [-0.15, -0.1) is 0 Å². The number of ether oxygens (including phenoxy) is 1. The van der Waals surface area contributed by atoms with E-state index in [2.05, 4.69) is 19.2 Å². The third kappa shape index (κ3) is 5.72. The number of hydrogen-bond donors (Lipinski definition) is 1. The largest absolute Gasteiger partial charge is 0.496 e. The minimum atomic E-state index is -0.208. The van der Waals surface area contributed by atoms with Gasteiger partial charge in [0.1, 0.15) is 5.75 Å². The Bertz CT molecular complexity index is 936. The van der Waals surface area contributed by atoms with E-state index in [1.165, 1.54) is 7.11 Å². The molecule has 0 unspecified atom stereocenters. The Balaban J connectivity index is 1.54. The van der Waals surface area contributed by atoms with Gasteiger partial charge in [0.05, 0.1) is 12.7 Å². The molecule has 2 aromatic carbocycles.